The van der Waals surface area contributed by atoms with Crippen LogP contribution >= 0.6 is 11.3 Å². The largest absolute Gasteiger partial charge is 0.476 e. The number of aromatic nitrogens is 1. The van der Waals surface area contributed by atoms with Gasteiger partial charge in [-0.3, -0.25) is 4.79 Å². The van der Waals surface area contributed by atoms with Gasteiger partial charge in [0.2, 0.25) is 5.91 Å². The van der Waals surface area contributed by atoms with Crippen molar-refractivity contribution in [2.24, 2.45) is 0 Å². The summed E-state index contributed by atoms with van der Waals surface area (Å²) >= 11 is 1.18. The first-order valence-electron chi connectivity index (χ1n) is 6.08. The van der Waals surface area contributed by atoms with Gasteiger partial charge in [0.25, 0.3) is 0 Å². The van der Waals surface area contributed by atoms with Crippen molar-refractivity contribution in [3.8, 4) is 0 Å². The lowest BCUT2D eigenvalue weighted by atomic mass is 10.1. The van der Waals surface area contributed by atoms with Crippen LogP contribution in [0.3, 0.4) is 0 Å². The summed E-state index contributed by atoms with van der Waals surface area (Å²) in [5.74, 6) is -1.25. The van der Waals surface area contributed by atoms with Gasteiger partial charge in [-0.1, -0.05) is 30.3 Å². The van der Waals surface area contributed by atoms with Crippen molar-refractivity contribution in [3.05, 3.63) is 52.0 Å². The highest BCUT2D eigenvalue weighted by Crippen LogP contribution is 2.13. The number of thiazole rings is 1. The topological polar surface area (TPSA) is 79.3 Å². The van der Waals surface area contributed by atoms with Gasteiger partial charge >= 0.3 is 5.97 Å². The summed E-state index contributed by atoms with van der Waals surface area (Å²) < 4.78 is 0. The molecule has 6 heteroatoms. The number of carboxylic acids is 1. The molecule has 0 fully saturated rings. The monoisotopic (exact) mass is 290 g/mol. The Kier molecular flexibility index (Phi) is 4.47. The van der Waals surface area contributed by atoms with Crippen LogP contribution in [0.2, 0.25) is 0 Å². The van der Waals surface area contributed by atoms with Crippen LogP contribution in [0.4, 0.5) is 0 Å². The van der Waals surface area contributed by atoms with E-state index in [1.165, 1.54) is 16.7 Å². The number of aromatic carboxylic acids is 1. The van der Waals surface area contributed by atoms with Gasteiger partial charge in [0.05, 0.1) is 12.5 Å². The summed E-state index contributed by atoms with van der Waals surface area (Å²) in [5, 5.41) is 13.6. The fraction of sp³-hybridized carbons (Fsp3) is 0.214. The number of carboxylic acid groups (broad SMARTS) is 1. The van der Waals surface area contributed by atoms with Gasteiger partial charge in [0.1, 0.15) is 5.01 Å². The Morgan fingerprint density at radius 1 is 1.35 bits per heavy atom. The minimum atomic E-state index is -1.08. The Balaban J connectivity index is 1.93. The molecule has 104 valence electrons. The number of rotatable bonds is 5. The molecular formula is C14H14N2O3S. The summed E-state index contributed by atoms with van der Waals surface area (Å²) in [6.45, 7) is 1.90. The number of carbonyl (C=O) groups is 2. The number of amides is 1. The van der Waals surface area contributed by atoms with Crippen molar-refractivity contribution in [2.75, 3.05) is 0 Å². The summed E-state index contributed by atoms with van der Waals surface area (Å²) in [6.07, 6.45) is 0.0924. The molecule has 1 amide bonds. The van der Waals surface area contributed by atoms with Crippen molar-refractivity contribution in [1.29, 1.82) is 0 Å². The van der Waals surface area contributed by atoms with Crippen LogP contribution in [0.25, 0.3) is 0 Å². The first-order chi connectivity index (χ1) is 9.56. The van der Waals surface area contributed by atoms with Crippen LogP contribution in [-0.2, 0) is 11.2 Å². The Bertz CT molecular complexity index is 610. The second-order valence-electron chi connectivity index (χ2n) is 4.31. The van der Waals surface area contributed by atoms with Crippen molar-refractivity contribution in [3.63, 3.8) is 0 Å². The van der Waals surface area contributed by atoms with Gasteiger partial charge in [0.15, 0.2) is 5.69 Å². The zero-order chi connectivity index (χ0) is 14.5. The molecular weight excluding hydrogens is 276 g/mol. The summed E-state index contributed by atoms with van der Waals surface area (Å²) in [6, 6.07) is 9.53. The lowest BCUT2D eigenvalue weighted by molar-refractivity contribution is -0.121. The van der Waals surface area contributed by atoms with Gasteiger partial charge in [-0.25, -0.2) is 9.78 Å². The summed E-state index contributed by atoms with van der Waals surface area (Å²) in [4.78, 5) is 26.5. The van der Waals surface area contributed by atoms with Crippen LogP contribution in [-0.4, -0.2) is 22.0 Å². The SMILES string of the molecule is CC(NC(=O)Cc1nc(C(=O)O)cs1)c1ccccc1. The lowest BCUT2D eigenvalue weighted by Gasteiger charge is -2.13. The van der Waals surface area contributed by atoms with Crippen molar-refractivity contribution in [2.45, 2.75) is 19.4 Å². The Morgan fingerprint density at radius 3 is 2.65 bits per heavy atom. The predicted octanol–water partition coefficient (Wildman–Crippen LogP) is 2.26. The number of carbonyl (C=O) groups excluding carboxylic acids is 1. The first kappa shape index (κ1) is 14.2. The van der Waals surface area contributed by atoms with E-state index in [9.17, 15) is 9.59 Å². The standard InChI is InChI=1S/C14H14N2O3S/c1-9(10-5-3-2-4-6-10)15-12(17)7-13-16-11(8-20-13)14(18)19/h2-6,8-9H,7H2,1H3,(H,15,17)(H,18,19). The molecule has 0 radical (unpaired) electrons. The normalized spacial score (nSPS) is 11.8. The highest BCUT2D eigenvalue weighted by atomic mass is 32.1. The van der Waals surface area contributed by atoms with E-state index in [1.807, 2.05) is 37.3 Å². The maximum Gasteiger partial charge on any atom is 0.355 e. The Morgan fingerprint density at radius 2 is 2.05 bits per heavy atom. The first-order valence-corrected chi connectivity index (χ1v) is 6.96. The minimum Gasteiger partial charge on any atom is -0.476 e. The molecule has 0 saturated heterocycles. The maximum absolute atomic E-state index is 11.9. The molecule has 0 bridgehead atoms. The molecule has 1 unspecified atom stereocenters. The maximum atomic E-state index is 11.9. The van der Waals surface area contributed by atoms with Crippen LogP contribution < -0.4 is 5.32 Å². The minimum absolute atomic E-state index is 0.0195. The second-order valence-corrected chi connectivity index (χ2v) is 5.25. The van der Waals surface area contributed by atoms with Crippen LogP contribution in [0.1, 0.15) is 34.0 Å². The molecule has 2 rings (SSSR count). The van der Waals surface area contributed by atoms with E-state index in [4.69, 9.17) is 5.11 Å². The highest BCUT2D eigenvalue weighted by molar-refractivity contribution is 7.09. The molecule has 1 aromatic heterocycles. The van der Waals surface area contributed by atoms with Crippen molar-refractivity contribution in [1.82, 2.24) is 10.3 Å². The van der Waals surface area contributed by atoms with Gasteiger partial charge in [0, 0.05) is 5.38 Å². The van der Waals surface area contributed by atoms with Crippen LogP contribution in [0.5, 0.6) is 0 Å². The smallest absolute Gasteiger partial charge is 0.355 e. The van der Waals surface area contributed by atoms with Crippen molar-refractivity contribution < 1.29 is 14.7 Å². The quantitative estimate of drug-likeness (QED) is 0.885. The molecule has 1 atom stereocenters. The van der Waals surface area contributed by atoms with E-state index in [0.717, 1.165) is 5.56 Å². The third kappa shape index (κ3) is 3.64. The number of hydrogen-bond acceptors (Lipinski definition) is 4. The predicted molar refractivity (Wildman–Crippen MR) is 75.8 cm³/mol. The van der Waals surface area contributed by atoms with Crippen LogP contribution in [0, 0.1) is 0 Å². The molecule has 0 aliphatic heterocycles. The summed E-state index contributed by atoms with van der Waals surface area (Å²) in [5.41, 5.74) is 1.00. The Hall–Kier alpha value is -2.21. The van der Waals surface area contributed by atoms with Gasteiger partial charge < -0.3 is 10.4 Å². The molecule has 2 aromatic rings. The molecule has 0 spiro atoms. The van der Waals surface area contributed by atoms with E-state index in [0.29, 0.717) is 5.01 Å². The molecule has 1 heterocycles. The van der Waals surface area contributed by atoms with Gasteiger partial charge in [-0.2, -0.15) is 0 Å². The lowest BCUT2D eigenvalue weighted by Crippen LogP contribution is -2.28. The third-order valence-corrected chi connectivity index (χ3v) is 3.61. The van der Waals surface area contributed by atoms with E-state index in [-0.39, 0.29) is 24.1 Å². The van der Waals surface area contributed by atoms with Crippen molar-refractivity contribution >= 4 is 23.2 Å². The third-order valence-electron chi connectivity index (χ3n) is 2.76. The number of hydrogen-bond donors (Lipinski definition) is 2. The average molecular weight is 290 g/mol. The molecule has 0 saturated carbocycles. The average Bonchev–Trinajstić information content (AvgIpc) is 2.88. The molecule has 5 nitrogen and oxygen atoms in total. The number of benzene rings is 1. The zero-order valence-corrected chi connectivity index (χ0v) is 11.7. The molecule has 1 aromatic carbocycles. The van der Waals surface area contributed by atoms with E-state index in [2.05, 4.69) is 10.3 Å². The van der Waals surface area contributed by atoms with E-state index >= 15 is 0 Å². The number of nitrogens with one attached hydrogen (secondary N) is 1. The fourth-order valence-electron chi connectivity index (χ4n) is 1.75. The molecule has 0 aliphatic carbocycles. The van der Waals surface area contributed by atoms with Crippen LogP contribution in [0.15, 0.2) is 35.7 Å². The molecule has 2 N–H and O–H groups in total. The van der Waals surface area contributed by atoms with Gasteiger partial charge in [-0.05, 0) is 12.5 Å². The summed E-state index contributed by atoms with van der Waals surface area (Å²) in [7, 11) is 0. The highest BCUT2D eigenvalue weighted by Gasteiger charge is 2.14. The van der Waals surface area contributed by atoms with Gasteiger partial charge in [-0.15, -0.1) is 11.3 Å². The zero-order valence-electron chi connectivity index (χ0n) is 10.9. The van der Waals surface area contributed by atoms with E-state index < -0.39 is 5.97 Å². The van der Waals surface area contributed by atoms with E-state index in [1.54, 1.807) is 0 Å². The second kappa shape index (κ2) is 6.29. The number of nitrogens with zero attached hydrogens (tertiary/aromatic N) is 1. The Labute approximate surface area is 120 Å². The molecule has 20 heavy (non-hydrogen) atoms. The fourth-order valence-corrected chi connectivity index (χ4v) is 2.51. The molecule has 0 aliphatic rings.